The highest BCUT2D eigenvalue weighted by molar-refractivity contribution is 9.10. The Morgan fingerprint density at radius 3 is 2.79 bits per heavy atom. The third-order valence-electron chi connectivity index (χ3n) is 4.29. The van der Waals surface area contributed by atoms with E-state index in [9.17, 15) is 9.59 Å². The molecule has 0 aliphatic rings. The molecule has 0 radical (unpaired) electrons. The van der Waals surface area contributed by atoms with Gasteiger partial charge < -0.3 is 4.42 Å². The molecule has 0 bridgehead atoms. The van der Waals surface area contributed by atoms with E-state index in [0.717, 1.165) is 15.4 Å². The molecule has 0 atom stereocenters. The molecule has 0 unspecified atom stereocenters. The number of thioether (sulfide) groups is 1. The van der Waals surface area contributed by atoms with E-state index in [2.05, 4.69) is 27.5 Å². The molecule has 4 rings (SSSR count). The zero-order valence-electron chi connectivity index (χ0n) is 14.7. The Labute approximate surface area is 172 Å². The fourth-order valence-corrected chi connectivity index (χ4v) is 4.35. The highest BCUT2D eigenvalue weighted by Gasteiger charge is 2.13. The Morgan fingerprint density at radius 2 is 1.96 bits per heavy atom. The average molecular weight is 455 g/mol. The van der Waals surface area contributed by atoms with Crippen LogP contribution in [-0.2, 0) is 12.3 Å². The minimum Gasteiger partial charge on any atom is -0.423 e. The summed E-state index contributed by atoms with van der Waals surface area (Å²) in [7, 11) is 0. The van der Waals surface area contributed by atoms with Gasteiger partial charge in [-0.1, -0.05) is 45.9 Å². The molecule has 2 aromatic carbocycles. The van der Waals surface area contributed by atoms with Gasteiger partial charge >= 0.3 is 5.63 Å². The Hall–Kier alpha value is -2.64. The number of benzene rings is 2. The molecule has 0 aliphatic carbocycles. The Kier molecular flexibility index (Phi) is 5.19. The molecule has 0 saturated carbocycles. The van der Waals surface area contributed by atoms with Crippen LogP contribution < -0.4 is 11.2 Å². The van der Waals surface area contributed by atoms with E-state index in [1.165, 1.54) is 17.8 Å². The van der Waals surface area contributed by atoms with E-state index in [1.54, 1.807) is 22.8 Å². The third kappa shape index (κ3) is 3.55. The maximum atomic E-state index is 12.8. The molecule has 140 valence electrons. The van der Waals surface area contributed by atoms with Gasteiger partial charge in [0.15, 0.2) is 5.16 Å². The molecule has 0 saturated heterocycles. The van der Waals surface area contributed by atoms with Crippen LogP contribution in [0.25, 0.3) is 21.9 Å². The summed E-state index contributed by atoms with van der Waals surface area (Å²) in [4.78, 5) is 29.5. The summed E-state index contributed by atoms with van der Waals surface area (Å²) in [6, 6.07) is 14.3. The molecule has 0 amide bonds. The molecule has 7 heteroatoms. The van der Waals surface area contributed by atoms with Crippen molar-refractivity contribution in [2.45, 2.75) is 17.5 Å². The fraction of sp³-hybridized carbons (Fsp3) is 0.0952. The van der Waals surface area contributed by atoms with Gasteiger partial charge in [0, 0.05) is 28.2 Å². The topological polar surface area (TPSA) is 65.1 Å². The van der Waals surface area contributed by atoms with Gasteiger partial charge in [0.2, 0.25) is 0 Å². The number of nitrogens with zero attached hydrogens (tertiary/aromatic N) is 2. The molecule has 0 fully saturated rings. The van der Waals surface area contributed by atoms with Crippen LogP contribution in [0.2, 0.25) is 0 Å². The van der Waals surface area contributed by atoms with Crippen molar-refractivity contribution in [1.29, 1.82) is 0 Å². The van der Waals surface area contributed by atoms with Crippen LogP contribution in [0.5, 0.6) is 0 Å². The lowest BCUT2D eigenvalue weighted by molar-refractivity contribution is 0.559. The lowest BCUT2D eigenvalue weighted by Gasteiger charge is -2.12. The highest BCUT2D eigenvalue weighted by atomic mass is 79.9. The number of rotatable bonds is 5. The first-order valence-electron chi connectivity index (χ1n) is 8.52. The molecule has 28 heavy (non-hydrogen) atoms. The predicted molar refractivity (Wildman–Crippen MR) is 116 cm³/mol. The van der Waals surface area contributed by atoms with Crippen LogP contribution >= 0.6 is 27.7 Å². The normalized spacial score (nSPS) is 11.2. The van der Waals surface area contributed by atoms with Crippen molar-refractivity contribution in [3.8, 4) is 0 Å². The van der Waals surface area contributed by atoms with Crippen LogP contribution in [0, 0.1) is 0 Å². The molecule has 0 N–H and O–H groups in total. The zero-order valence-corrected chi connectivity index (χ0v) is 17.1. The number of hydrogen-bond acceptors (Lipinski definition) is 5. The van der Waals surface area contributed by atoms with Gasteiger partial charge in [-0.3, -0.25) is 9.36 Å². The summed E-state index contributed by atoms with van der Waals surface area (Å²) in [5.74, 6) is 0.478. The summed E-state index contributed by atoms with van der Waals surface area (Å²) < 4.78 is 7.73. The minimum atomic E-state index is -0.406. The van der Waals surface area contributed by atoms with Crippen molar-refractivity contribution in [2.75, 3.05) is 0 Å². The minimum absolute atomic E-state index is 0.102. The predicted octanol–water partition coefficient (Wildman–Crippen LogP) is 4.74. The number of allylic oxidation sites excluding steroid dienone is 1. The second kappa shape index (κ2) is 7.77. The van der Waals surface area contributed by atoms with Crippen molar-refractivity contribution >= 4 is 49.6 Å². The maximum absolute atomic E-state index is 12.8. The van der Waals surface area contributed by atoms with Gasteiger partial charge in [0.05, 0.1) is 10.9 Å². The molecule has 4 aromatic rings. The first-order chi connectivity index (χ1) is 13.6. The van der Waals surface area contributed by atoms with Crippen molar-refractivity contribution in [3.05, 3.63) is 92.0 Å². The number of para-hydroxylation sites is 1. The average Bonchev–Trinajstić information content (AvgIpc) is 2.68. The van der Waals surface area contributed by atoms with E-state index in [0.29, 0.717) is 33.9 Å². The lowest BCUT2D eigenvalue weighted by Crippen LogP contribution is -2.22. The second-order valence-corrected chi connectivity index (χ2v) is 7.99. The van der Waals surface area contributed by atoms with Crippen molar-refractivity contribution < 1.29 is 4.42 Å². The number of halogens is 1. The summed E-state index contributed by atoms with van der Waals surface area (Å²) in [5, 5.41) is 2.01. The SMILES string of the molecule is C=CCn1c(SCc2cc(=O)oc3cc(Br)ccc23)nc2ccccc2c1=O. The van der Waals surface area contributed by atoms with Crippen LogP contribution in [-0.4, -0.2) is 9.55 Å². The van der Waals surface area contributed by atoms with Gasteiger partial charge in [-0.2, -0.15) is 0 Å². The van der Waals surface area contributed by atoms with Crippen molar-refractivity contribution in [3.63, 3.8) is 0 Å². The molecular weight excluding hydrogens is 440 g/mol. The van der Waals surface area contributed by atoms with Crippen LogP contribution in [0.4, 0.5) is 0 Å². The van der Waals surface area contributed by atoms with Gasteiger partial charge in [0.1, 0.15) is 5.58 Å². The summed E-state index contributed by atoms with van der Waals surface area (Å²) in [6.45, 7) is 4.11. The molecule has 5 nitrogen and oxygen atoms in total. The Morgan fingerprint density at radius 1 is 1.14 bits per heavy atom. The van der Waals surface area contributed by atoms with E-state index in [-0.39, 0.29) is 5.56 Å². The van der Waals surface area contributed by atoms with Crippen LogP contribution in [0.1, 0.15) is 5.56 Å². The maximum Gasteiger partial charge on any atom is 0.336 e. The summed E-state index contributed by atoms with van der Waals surface area (Å²) >= 11 is 4.80. The van der Waals surface area contributed by atoms with Gasteiger partial charge in [-0.05, 0) is 35.9 Å². The highest BCUT2D eigenvalue weighted by Crippen LogP contribution is 2.27. The van der Waals surface area contributed by atoms with E-state index >= 15 is 0 Å². The molecule has 0 aliphatic heterocycles. The first kappa shape index (κ1) is 18.7. The third-order valence-corrected chi connectivity index (χ3v) is 5.81. The van der Waals surface area contributed by atoms with E-state index in [1.807, 2.05) is 30.3 Å². The first-order valence-corrected chi connectivity index (χ1v) is 10.3. The molecule has 2 aromatic heterocycles. The van der Waals surface area contributed by atoms with E-state index in [4.69, 9.17) is 4.42 Å². The van der Waals surface area contributed by atoms with Gasteiger partial charge in [0.25, 0.3) is 5.56 Å². The smallest absolute Gasteiger partial charge is 0.336 e. The van der Waals surface area contributed by atoms with Crippen LogP contribution in [0.3, 0.4) is 0 Å². The fourth-order valence-electron chi connectivity index (χ4n) is 3.01. The molecular formula is C21H15BrN2O3S. The number of hydrogen-bond donors (Lipinski definition) is 0. The second-order valence-electron chi connectivity index (χ2n) is 6.14. The van der Waals surface area contributed by atoms with Gasteiger partial charge in [-0.25, -0.2) is 9.78 Å². The van der Waals surface area contributed by atoms with Crippen LogP contribution in [0.15, 0.2) is 84.8 Å². The monoisotopic (exact) mass is 454 g/mol. The molecule has 2 heterocycles. The number of fused-ring (bicyclic) bond motifs is 2. The summed E-state index contributed by atoms with van der Waals surface area (Å²) in [5.41, 5.74) is 1.49. The zero-order chi connectivity index (χ0) is 19.7. The van der Waals surface area contributed by atoms with Crippen molar-refractivity contribution in [2.24, 2.45) is 0 Å². The van der Waals surface area contributed by atoms with Crippen molar-refractivity contribution in [1.82, 2.24) is 9.55 Å². The van der Waals surface area contributed by atoms with E-state index < -0.39 is 5.63 Å². The van der Waals surface area contributed by atoms with Gasteiger partial charge in [-0.15, -0.1) is 6.58 Å². The summed E-state index contributed by atoms with van der Waals surface area (Å²) in [6.07, 6.45) is 1.67. The lowest BCUT2D eigenvalue weighted by atomic mass is 10.1. The quantitative estimate of drug-likeness (QED) is 0.188. The molecule has 0 spiro atoms. The standard InChI is InChI=1S/C21H15BrN2O3S/c1-2-9-24-20(26)16-5-3-4-6-17(16)23-21(24)28-12-13-10-19(25)27-18-11-14(22)7-8-15(13)18/h2-8,10-11H,1,9,12H2. The Bertz CT molecular complexity index is 1330. The Balaban J connectivity index is 1.78. The largest absolute Gasteiger partial charge is 0.423 e. The number of aromatic nitrogens is 2.